The first kappa shape index (κ1) is 14.8. The molecule has 0 saturated carbocycles. The first-order valence-electron chi connectivity index (χ1n) is 5.85. The average Bonchev–Trinajstić information content (AvgIpc) is 2.29. The van der Waals surface area contributed by atoms with E-state index in [0.717, 1.165) is 17.9 Å². The fourth-order valence-electron chi connectivity index (χ4n) is 1.51. The number of halogens is 3. The molecule has 1 aromatic rings. The highest BCUT2D eigenvalue weighted by molar-refractivity contribution is 5.35. The fourth-order valence-corrected chi connectivity index (χ4v) is 1.51. The van der Waals surface area contributed by atoms with Gasteiger partial charge in [0.1, 0.15) is 5.82 Å². The molecule has 6 heteroatoms. The summed E-state index contributed by atoms with van der Waals surface area (Å²) in [5.41, 5.74) is 0.904. The van der Waals surface area contributed by atoms with Crippen molar-refractivity contribution in [2.75, 3.05) is 25.5 Å². The van der Waals surface area contributed by atoms with E-state index in [9.17, 15) is 13.2 Å². The van der Waals surface area contributed by atoms with Crippen LogP contribution in [0.4, 0.5) is 19.0 Å². The van der Waals surface area contributed by atoms with Gasteiger partial charge >= 0.3 is 6.18 Å². The average molecular weight is 261 g/mol. The number of anilines is 1. The van der Waals surface area contributed by atoms with Gasteiger partial charge in [-0.25, -0.2) is 4.98 Å². The third-order valence-electron chi connectivity index (χ3n) is 2.41. The zero-order valence-corrected chi connectivity index (χ0v) is 10.6. The van der Waals surface area contributed by atoms with Crippen LogP contribution in [0.1, 0.15) is 18.9 Å². The maximum atomic E-state index is 12.0. The second-order valence-electron chi connectivity index (χ2n) is 4.18. The van der Waals surface area contributed by atoms with E-state index in [2.05, 4.69) is 10.3 Å². The van der Waals surface area contributed by atoms with Crippen LogP contribution in [0.3, 0.4) is 0 Å². The van der Waals surface area contributed by atoms with Crippen LogP contribution in [-0.2, 0) is 6.54 Å². The molecule has 1 heterocycles. The maximum Gasteiger partial charge on any atom is 0.390 e. The summed E-state index contributed by atoms with van der Waals surface area (Å²) in [6.45, 7) is 3.23. The second kappa shape index (κ2) is 6.58. The highest BCUT2D eigenvalue weighted by Gasteiger charge is 2.26. The van der Waals surface area contributed by atoms with Crippen molar-refractivity contribution in [1.29, 1.82) is 0 Å². The van der Waals surface area contributed by atoms with Gasteiger partial charge in [0.2, 0.25) is 0 Å². The topological polar surface area (TPSA) is 28.2 Å². The van der Waals surface area contributed by atoms with Gasteiger partial charge in [-0.2, -0.15) is 13.2 Å². The second-order valence-corrected chi connectivity index (χ2v) is 4.18. The molecule has 0 aliphatic carbocycles. The Hall–Kier alpha value is -1.30. The van der Waals surface area contributed by atoms with Crippen LogP contribution >= 0.6 is 0 Å². The lowest BCUT2D eigenvalue weighted by atomic mass is 10.2. The molecule has 1 N–H and O–H groups in total. The number of hydrogen-bond acceptors (Lipinski definition) is 3. The van der Waals surface area contributed by atoms with Crippen LogP contribution in [0.25, 0.3) is 0 Å². The van der Waals surface area contributed by atoms with Gasteiger partial charge in [-0.05, 0) is 25.6 Å². The zero-order valence-electron chi connectivity index (χ0n) is 10.6. The summed E-state index contributed by atoms with van der Waals surface area (Å²) in [5, 5.41) is 3.06. The van der Waals surface area contributed by atoms with Crippen molar-refractivity contribution in [2.24, 2.45) is 0 Å². The summed E-state index contributed by atoms with van der Waals surface area (Å²) >= 11 is 0. The van der Waals surface area contributed by atoms with Gasteiger partial charge in [-0.15, -0.1) is 0 Å². The van der Waals surface area contributed by atoms with E-state index in [1.807, 2.05) is 19.1 Å². The largest absolute Gasteiger partial charge is 0.390 e. The van der Waals surface area contributed by atoms with Gasteiger partial charge in [-0.3, -0.25) is 0 Å². The van der Waals surface area contributed by atoms with Crippen LogP contribution in [0.5, 0.6) is 0 Å². The van der Waals surface area contributed by atoms with Crippen molar-refractivity contribution in [3.8, 4) is 0 Å². The van der Waals surface area contributed by atoms with E-state index < -0.39 is 12.6 Å². The van der Waals surface area contributed by atoms with Gasteiger partial charge in [-0.1, -0.05) is 6.07 Å². The standard InChI is InChI=1S/C12H18F3N3/c1-3-16-11-5-4-10(8-17-11)9-18(2)7-6-12(13,14)15/h4-5,8H,3,6-7,9H2,1-2H3,(H,16,17). The monoisotopic (exact) mass is 261 g/mol. The van der Waals surface area contributed by atoms with E-state index in [-0.39, 0.29) is 6.54 Å². The fraction of sp³-hybridized carbons (Fsp3) is 0.583. The predicted octanol–water partition coefficient (Wildman–Crippen LogP) is 2.90. The molecule has 0 atom stereocenters. The van der Waals surface area contributed by atoms with Crippen LogP contribution in [0, 0.1) is 0 Å². The van der Waals surface area contributed by atoms with Gasteiger partial charge in [0.25, 0.3) is 0 Å². The number of pyridine rings is 1. The van der Waals surface area contributed by atoms with Crippen LogP contribution in [0.15, 0.2) is 18.3 Å². The molecule has 0 saturated heterocycles. The van der Waals surface area contributed by atoms with E-state index in [1.54, 1.807) is 18.1 Å². The lowest BCUT2D eigenvalue weighted by Gasteiger charge is -2.17. The summed E-state index contributed by atoms with van der Waals surface area (Å²) in [5.74, 6) is 0.777. The molecule has 0 aliphatic rings. The molecule has 18 heavy (non-hydrogen) atoms. The van der Waals surface area contributed by atoms with Crippen molar-refractivity contribution >= 4 is 5.82 Å². The van der Waals surface area contributed by atoms with Gasteiger partial charge < -0.3 is 10.2 Å². The lowest BCUT2D eigenvalue weighted by Crippen LogP contribution is -2.24. The summed E-state index contributed by atoms with van der Waals surface area (Å²) in [4.78, 5) is 5.81. The Morgan fingerprint density at radius 2 is 2.06 bits per heavy atom. The number of hydrogen-bond donors (Lipinski definition) is 1. The number of aromatic nitrogens is 1. The number of nitrogens with zero attached hydrogens (tertiary/aromatic N) is 2. The Labute approximate surface area is 105 Å². The van der Waals surface area contributed by atoms with Crippen molar-refractivity contribution in [2.45, 2.75) is 26.1 Å². The Kier molecular flexibility index (Phi) is 5.40. The number of nitrogens with one attached hydrogen (secondary N) is 1. The molecule has 0 unspecified atom stereocenters. The van der Waals surface area contributed by atoms with Crippen molar-refractivity contribution < 1.29 is 13.2 Å². The van der Waals surface area contributed by atoms with Gasteiger partial charge in [0.15, 0.2) is 0 Å². The van der Waals surface area contributed by atoms with Crippen molar-refractivity contribution in [3.05, 3.63) is 23.9 Å². The Morgan fingerprint density at radius 1 is 1.33 bits per heavy atom. The highest BCUT2D eigenvalue weighted by Crippen LogP contribution is 2.19. The quantitative estimate of drug-likeness (QED) is 0.853. The number of alkyl halides is 3. The lowest BCUT2D eigenvalue weighted by molar-refractivity contribution is -0.137. The Balaban J connectivity index is 2.41. The smallest absolute Gasteiger partial charge is 0.370 e. The van der Waals surface area contributed by atoms with E-state index >= 15 is 0 Å². The Bertz CT molecular complexity index is 349. The third kappa shape index (κ3) is 5.86. The molecule has 0 spiro atoms. The first-order valence-corrected chi connectivity index (χ1v) is 5.85. The molecular weight excluding hydrogens is 243 g/mol. The molecule has 0 radical (unpaired) electrons. The minimum absolute atomic E-state index is 0.00153. The summed E-state index contributed by atoms with van der Waals surface area (Å²) < 4.78 is 36.1. The molecule has 1 rings (SSSR count). The van der Waals surface area contributed by atoms with E-state index in [1.165, 1.54) is 0 Å². The molecular formula is C12H18F3N3. The third-order valence-corrected chi connectivity index (χ3v) is 2.41. The zero-order chi connectivity index (χ0) is 13.6. The van der Waals surface area contributed by atoms with Crippen LogP contribution < -0.4 is 5.32 Å². The molecule has 0 amide bonds. The van der Waals surface area contributed by atoms with Crippen molar-refractivity contribution in [3.63, 3.8) is 0 Å². The van der Waals surface area contributed by atoms with Gasteiger partial charge in [0.05, 0.1) is 6.42 Å². The summed E-state index contributed by atoms with van der Waals surface area (Å²) in [6.07, 6.45) is -3.20. The summed E-state index contributed by atoms with van der Waals surface area (Å²) in [6, 6.07) is 3.70. The Morgan fingerprint density at radius 3 is 2.56 bits per heavy atom. The molecule has 0 aliphatic heterocycles. The molecule has 102 valence electrons. The SMILES string of the molecule is CCNc1ccc(CN(C)CCC(F)(F)F)cn1. The molecule has 0 aromatic carbocycles. The normalized spacial score (nSPS) is 11.9. The minimum Gasteiger partial charge on any atom is -0.370 e. The van der Waals surface area contributed by atoms with Gasteiger partial charge in [0, 0.05) is 25.8 Å². The predicted molar refractivity (Wildman–Crippen MR) is 65.4 cm³/mol. The van der Waals surface area contributed by atoms with E-state index in [0.29, 0.717) is 6.54 Å². The van der Waals surface area contributed by atoms with E-state index in [4.69, 9.17) is 0 Å². The minimum atomic E-state index is -4.10. The molecule has 0 fully saturated rings. The maximum absolute atomic E-state index is 12.0. The summed E-state index contributed by atoms with van der Waals surface area (Å²) in [7, 11) is 1.67. The first-order chi connectivity index (χ1) is 8.40. The molecule has 0 bridgehead atoms. The van der Waals surface area contributed by atoms with Crippen molar-refractivity contribution in [1.82, 2.24) is 9.88 Å². The molecule has 3 nitrogen and oxygen atoms in total. The highest BCUT2D eigenvalue weighted by atomic mass is 19.4. The van der Waals surface area contributed by atoms with Crippen LogP contribution in [-0.4, -0.2) is 36.2 Å². The molecule has 1 aromatic heterocycles. The van der Waals surface area contributed by atoms with Crippen LogP contribution in [0.2, 0.25) is 0 Å². The number of rotatable bonds is 6.